The summed E-state index contributed by atoms with van der Waals surface area (Å²) in [7, 11) is -5.07. The maximum Gasteiger partial charge on any atom is 0.302 e. The first-order valence-corrected chi connectivity index (χ1v) is 7.50. The van der Waals surface area contributed by atoms with Crippen molar-refractivity contribution in [1.29, 1.82) is 0 Å². The van der Waals surface area contributed by atoms with E-state index in [1.54, 1.807) is 0 Å². The second-order valence-corrected chi connectivity index (χ2v) is 7.40. The van der Waals surface area contributed by atoms with Gasteiger partial charge in [-0.3, -0.25) is 0 Å². The summed E-state index contributed by atoms with van der Waals surface area (Å²) in [5.41, 5.74) is 0. The Kier molecular flexibility index (Phi) is 3.49. The molecular weight excluding hydrogens is 278 g/mol. The molecule has 1 rings (SSSR count). The Bertz CT molecular complexity index is 573. The topological polar surface area (TPSA) is 135 Å². The van der Waals surface area contributed by atoms with Crippen LogP contribution in [0.25, 0.3) is 0 Å². The highest BCUT2D eigenvalue weighted by Crippen LogP contribution is 2.19. The number of hydrogen-bond acceptors (Lipinski definition) is 7. The van der Waals surface area contributed by atoms with Gasteiger partial charge in [-0.25, -0.2) is 18.3 Å². The van der Waals surface area contributed by atoms with Gasteiger partial charge in [0.2, 0.25) is 9.47 Å². The lowest BCUT2D eigenvalue weighted by Crippen LogP contribution is -2.28. The van der Waals surface area contributed by atoms with Crippen molar-refractivity contribution in [3.05, 3.63) is 0 Å². The van der Waals surface area contributed by atoms with Crippen molar-refractivity contribution in [2.45, 2.75) is 4.34 Å². The van der Waals surface area contributed by atoms with Gasteiger partial charge in [0.05, 0.1) is 0 Å². The number of hydrogen-bond donors (Lipinski definition) is 2. The van der Waals surface area contributed by atoms with E-state index < -0.39 is 24.6 Å². The number of nitrogens with one attached hydrogen (secondary N) is 1. The molecule has 12 heteroatoms. The molecule has 0 saturated carbocycles. The van der Waals surface area contributed by atoms with Gasteiger partial charge in [-0.2, -0.15) is 12.7 Å². The van der Waals surface area contributed by atoms with E-state index in [0.717, 1.165) is 4.31 Å². The molecule has 0 aliphatic rings. The molecule has 1 aromatic heterocycles. The smallest absolute Gasteiger partial charge is 0.244 e. The second-order valence-electron chi connectivity index (χ2n) is 2.81. The van der Waals surface area contributed by atoms with Crippen molar-refractivity contribution in [1.82, 2.24) is 14.5 Å². The average Bonchev–Trinajstić information content (AvgIpc) is 2.50. The quantitative estimate of drug-likeness (QED) is 0.685. The zero-order chi connectivity index (χ0) is 12.6. The van der Waals surface area contributed by atoms with Gasteiger partial charge < -0.3 is 0 Å². The number of aromatic nitrogens is 2. The predicted molar refractivity (Wildman–Crippen MR) is 57.5 cm³/mol. The highest BCUT2D eigenvalue weighted by Gasteiger charge is 2.19. The summed E-state index contributed by atoms with van der Waals surface area (Å²) < 4.78 is 46.8. The molecule has 0 radical (unpaired) electrons. The Balaban J connectivity index is 2.98. The Morgan fingerprint density at radius 1 is 1.25 bits per heavy atom. The fraction of sp³-hybridized carbons (Fsp3) is 0.500. The standard InChI is InChI=1S/C4H9N5O4S3/c1-9(2)16(12,13)8-3-6-7-4(14-3)15(5,10)11/h1-2H3,(H,6,8)(H2,5,10,11). The van der Waals surface area contributed by atoms with Gasteiger partial charge in [0, 0.05) is 14.1 Å². The maximum atomic E-state index is 11.3. The lowest BCUT2D eigenvalue weighted by Gasteiger charge is -2.10. The summed E-state index contributed by atoms with van der Waals surface area (Å²) in [5, 5.41) is 11.2. The zero-order valence-electron chi connectivity index (χ0n) is 8.28. The third-order valence-corrected chi connectivity index (χ3v) is 5.04. The lowest BCUT2D eigenvalue weighted by molar-refractivity contribution is 0.526. The van der Waals surface area contributed by atoms with Crippen LogP contribution in [0.15, 0.2) is 4.34 Å². The molecule has 0 unspecified atom stereocenters. The molecule has 0 aromatic carbocycles. The monoisotopic (exact) mass is 287 g/mol. The fourth-order valence-corrected chi connectivity index (χ4v) is 2.68. The number of rotatable bonds is 4. The Morgan fingerprint density at radius 2 is 1.81 bits per heavy atom. The van der Waals surface area contributed by atoms with Crippen molar-refractivity contribution in [2.75, 3.05) is 18.8 Å². The van der Waals surface area contributed by atoms with Gasteiger partial charge in [-0.15, -0.1) is 10.2 Å². The predicted octanol–water partition coefficient (Wildman–Crippen LogP) is -1.60. The fourth-order valence-electron chi connectivity index (χ4n) is 0.568. The molecule has 0 aliphatic carbocycles. The van der Waals surface area contributed by atoms with E-state index >= 15 is 0 Å². The van der Waals surface area contributed by atoms with Crippen molar-refractivity contribution in [3.63, 3.8) is 0 Å². The lowest BCUT2D eigenvalue weighted by atomic mass is 11.3. The van der Waals surface area contributed by atoms with Gasteiger partial charge in [-0.1, -0.05) is 11.3 Å². The molecule has 0 spiro atoms. The van der Waals surface area contributed by atoms with E-state index in [9.17, 15) is 16.8 Å². The van der Waals surface area contributed by atoms with Gasteiger partial charge >= 0.3 is 10.2 Å². The second kappa shape index (κ2) is 4.21. The molecule has 0 amide bonds. The van der Waals surface area contributed by atoms with Crippen LogP contribution in [0.4, 0.5) is 5.13 Å². The summed E-state index contributed by atoms with van der Waals surface area (Å²) >= 11 is 0.532. The Labute approximate surface area is 96.5 Å². The number of nitrogens with two attached hydrogens (primary N) is 1. The normalized spacial score (nSPS) is 13.0. The van der Waals surface area contributed by atoms with E-state index in [2.05, 4.69) is 10.2 Å². The molecule has 0 aliphatic heterocycles. The van der Waals surface area contributed by atoms with Crippen molar-refractivity contribution in [2.24, 2.45) is 5.14 Å². The van der Waals surface area contributed by atoms with Crippen molar-refractivity contribution >= 4 is 36.7 Å². The van der Waals surface area contributed by atoms with Crippen LogP contribution < -0.4 is 9.86 Å². The molecule has 0 atom stereocenters. The van der Waals surface area contributed by atoms with Crippen molar-refractivity contribution in [3.8, 4) is 0 Å². The third-order valence-electron chi connectivity index (χ3n) is 1.35. The van der Waals surface area contributed by atoms with Crippen LogP contribution in [0.1, 0.15) is 0 Å². The van der Waals surface area contributed by atoms with Crippen LogP contribution in [-0.4, -0.2) is 45.4 Å². The number of sulfonamides is 1. The summed E-state index contributed by atoms with van der Waals surface area (Å²) in [6, 6.07) is 0. The maximum absolute atomic E-state index is 11.3. The molecule has 1 aromatic rings. The highest BCUT2D eigenvalue weighted by molar-refractivity contribution is 7.92. The van der Waals surface area contributed by atoms with Crippen LogP contribution in [-0.2, 0) is 20.2 Å². The van der Waals surface area contributed by atoms with Gasteiger partial charge in [-0.05, 0) is 0 Å². The summed E-state index contributed by atoms with van der Waals surface area (Å²) in [6.07, 6.45) is 0. The van der Waals surface area contributed by atoms with E-state index in [-0.39, 0.29) is 5.13 Å². The van der Waals surface area contributed by atoms with Gasteiger partial charge in [0.25, 0.3) is 10.0 Å². The molecule has 16 heavy (non-hydrogen) atoms. The average molecular weight is 287 g/mol. The van der Waals surface area contributed by atoms with Crippen LogP contribution in [0, 0.1) is 0 Å². The Morgan fingerprint density at radius 3 is 2.19 bits per heavy atom. The summed E-state index contributed by atoms with van der Waals surface area (Å²) in [6.45, 7) is 0. The van der Waals surface area contributed by atoms with E-state index in [1.807, 2.05) is 4.72 Å². The number of anilines is 1. The largest absolute Gasteiger partial charge is 0.302 e. The summed E-state index contributed by atoms with van der Waals surface area (Å²) in [4.78, 5) is 0. The first-order valence-electron chi connectivity index (χ1n) is 3.69. The van der Waals surface area contributed by atoms with Gasteiger partial charge in [0.15, 0.2) is 0 Å². The molecule has 0 bridgehead atoms. The summed E-state index contributed by atoms with van der Waals surface area (Å²) in [5.74, 6) is 0. The zero-order valence-corrected chi connectivity index (χ0v) is 10.7. The first-order chi connectivity index (χ1) is 7.13. The highest BCUT2D eigenvalue weighted by atomic mass is 32.2. The minimum atomic E-state index is -3.96. The van der Waals surface area contributed by atoms with Crippen LogP contribution in [0.2, 0.25) is 0 Å². The van der Waals surface area contributed by atoms with E-state index in [0.29, 0.717) is 11.3 Å². The van der Waals surface area contributed by atoms with E-state index in [4.69, 9.17) is 5.14 Å². The van der Waals surface area contributed by atoms with E-state index in [1.165, 1.54) is 14.1 Å². The minimum absolute atomic E-state index is 0.169. The van der Waals surface area contributed by atoms with Gasteiger partial charge in [0.1, 0.15) is 0 Å². The number of primary sulfonamides is 1. The van der Waals surface area contributed by atoms with Crippen LogP contribution in [0.3, 0.4) is 0 Å². The molecule has 92 valence electrons. The Hall–Kier alpha value is -0.820. The molecular formula is C4H9N5O4S3. The molecule has 3 N–H and O–H groups in total. The first kappa shape index (κ1) is 13.2. The SMILES string of the molecule is CN(C)S(=O)(=O)Nc1nnc(S(N)(=O)=O)s1. The molecule has 0 fully saturated rings. The number of nitrogens with zero attached hydrogens (tertiary/aromatic N) is 3. The van der Waals surface area contributed by atoms with Crippen molar-refractivity contribution < 1.29 is 16.8 Å². The van der Waals surface area contributed by atoms with Crippen LogP contribution >= 0.6 is 11.3 Å². The minimum Gasteiger partial charge on any atom is -0.244 e. The molecule has 0 saturated heterocycles. The van der Waals surface area contributed by atoms with Crippen LogP contribution in [0.5, 0.6) is 0 Å². The third kappa shape index (κ3) is 3.08. The molecule has 9 nitrogen and oxygen atoms in total. The molecule has 1 heterocycles.